The van der Waals surface area contributed by atoms with Gasteiger partial charge in [0.05, 0.1) is 20.5 Å². The van der Waals surface area contributed by atoms with Crippen LogP contribution in [0.4, 0.5) is 0 Å². The van der Waals surface area contributed by atoms with Crippen LogP contribution >= 0.6 is 23.2 Å². The molecule has 0 saturated heterocycles. The number of ether oxygens (including phenoxy) is 2. The van der Waals surface area contributed by atoms with E-state index in [9.17, 15) is 13.2 Å². The minimum Gasteiger partial charge on any atom is -0.449 e. The highest BCUT2D eigenvalue weighted by atomic mass is 35.5. The van der Waals surface area contributed by atoms with E-state index < -0.39 is 21.4 Å². The average molecular weight is 427 g/mol. The van der Waals surface area contributed by atoms with E-state index >= 15 is 0 Å². The molecule has 1 aliphatic rings. The number of rotatable bonds is 4. The molecule has 0 atom stereocenters. The van der Waals surface area contributed by atoms with E-state index in [1.54, 1.807) is 38.1 Å². The molecule has 1 aliphatic heterocycles. The molecule has 3 rings (SSSR count). The summed E-state index contributed by atoms with van der Waals surface area (Å²) < 4.78 is 35.6. The number of carbonyl (C=O) groups is 1. The van der Waals surface area contributed by atoms with Crippen LogP contribution in [-0.2, 0) is 19.4 Å². The number of esters is 1. The van der Waals surface area contributed by atoms with Crippen LogP contribution in [0.15, 0.2) is 53.1 Å². The Morgan fingerprint density at radius 1 is 1.04 bits per heavy atom. The van der Waals surface area contributed by atoms with Crippen LogP contribution in [0.2, 0.25) is 10.0 Å². The third-order valence-corrected chi connectivity index (χ3v) is 5.92. The summed E-state index contributed by atoms with van der Waals surface area (Å²) in [5, 5.41) is 0.605. The molecule has 2 aromatic rings. The van der Waals surface area contributed by atoms with Gasteiger partial charge in [-0.15, -0.1) is 0 Å². The molecule has 0 unspecified atom stereocenters. The number of hydrogen-bond donors (Lipinski definition) is 0. The lowest BCUT2D eigenvalue weighted by Crippen LogP contribution is -2.23. The third-order valence-electron chi connectivity index (χ3n) is 4.03. The van der Waals surface area contributed by atoms with E-state index in [1.165, 1.54) is 18.2 Å². The van der Waals surface area contributed by atoms with Gasteiger partial charge >= 0.3 is 5.97 Å². The van der Waals surface area contributed by atoms with Crippen LogP contribution in [0.1, 0.15) is 19.4 Å². The van der Waals surface area contributed by atoms with Crippen molar-refractivity contribution in [2.24, 2.45) is 0 Å². The summed E-state index contributed by atoms with van der Waals surface area (Å²) in [6, 6.07) is 11.0. The van der Waals surface area contributed by atoms with Gasteiger partial charge in [0.15, 0.2) is 9.84 Å². The van der Waals surface area contributed by atoms with Gasteiger partial charge in [0.25, 0.3) is 0 Å². The zero-order valence-corrected chi connectivity index (χ0v) is 17.1. The standard InChI is InChI=1S/C19H16Cl2O5S/c1-19(2)16(12-6-4-5-7-15(12)27(3,23)24)17(18(22)26-19)25-11-8-9-13(20)14(21)10-11/h4-10H,1-3H3. The summed E-state index contributed by atoms with van der Waals surface area (Å²) in [6.45, 7) is 3.34. The number of halogens is 2. The van der Waals surface area contributed by atoms with Crippen molar-refractivity contribution in [3.05, 3.63) is 63.8 Å². The Balaban J connectivity index is 2.22. The Kier molecular flexibility index (Phi) is 5.01. The van der Waals surface area contributed by atoms with Gasteiger partial charge in [-0.25, -0.2) is 13.2 Å². The highest BCUT2D eigenvalue weighted by molar-refractivity contribution is 7.90. The zero-order chi connectivity index (χ0) is 20.0. The van der Waals surface area contributed by atoms with Gasteiger partial charge in [-0.2, -0.15) is 0 Å². The van der Waals surface area contributed by atoms with Crippen molar-refractivity contribution in [1.82, 2.24) is 0 Å². The number of cyclic esters (lactones) is 1. The van der Waals surface area contributed by atoms with Gasteiger partial charge in [0.2, 0.25) is 5.76 Å². The molecule has 0 bridgehead atoms. The summed E-state index contributed by atoms with van der Waals surface area (Å²) in [4.78, 5) is 12.6. The average Bonchev–Trinajstić information content (AvgIpc) is 2.78. The molecule has 5 nitrogen and oxygen atoms in total. The normalized spacial score (nSPS) is 16.4. The second-order valence-corrected chi connectivity index (χ2v) is 9.35. The Bertz CT molecular complexity index is 1070. The molecule has 1 heterocycles. The molecule has 0 radical (unpaired) electrons. The third kappa shape index (κ3) is 3.83. The van der Waals surface area contributed by atoms with Gasteiger partial charge in [0, 0.05) is 17.9 Å². The number of sulfone groups is 1. The largest absolute Gasteiger partial charge is 0.449 e. The molecule has 0 aromatic heterocycles. The first-order valence-electron chi connectivity index (χ1n) is 7.91. The summed E-state index contributed by atoms with van der Waals surface area (Å²) >= 11 is 11.9. The highest BCUT2D eigenvalue weighted by Gasteiger charge is 2.44. The first kappa shape index (κ1) is 19.7. The Morgan fingerprint density at radius 3 is 2.33 bits per heavy atom. The lowest BCUT2D eigenvalue weighted by atomic mass is 9.91. The van der Waals surface area contributed by atoms with Crippen LogP contribution in [-0.4, -0.2) is 26.2 Å². The maximum Gasteiger partial charge on any atom is 0.375 e. The topological polar surface area (TPSA) is 69.7 Å². The van der Waals surface area contributed by atoms with Crippen LogP contribution in [0.5, 0.6) is 5.75 Å². The van der Waals surface area contributed by atoms with Crippen LogP contribution in [0.3, 0.4) is 0 Å². The van der Waals surface area contributed by atoms with E-state index in [-0.39, 0.29) is 21.4 Å². The Hall–Kier alpha value is -2.02. The van der Waals surface area contributed by atoms with Crippen LogP contribution < -0.4 is 4.74 Å². The summed E-state index contributed by atoms with van der Waals surface area (Å²) in [7, 11) is -3.54. The second kappa shape index (κ2) is 6.86. The van der Waals surface area contributed by atoms with E-state index in [0.29, 0.717) is 16.2 Å². The van der Waals surface area contributed by atoms with Crippen molar-refractivity contribution in [3.63, 3.8) is 0 Å². The lowest BCUT2D eigenvalue weighted by Gasteiger charge is -2.22. The van der Waals surface area contributed by atoms with Gasteiger partial charge < -0.3 is 9.47 Å². The summed E-state index contributed by atoms with van der Waals surface area (Å²) in [5.74, 6) is -0.498. The van der Waals surface area contributed by atoms with Crippen molar-refractivity contribution < 1.29 is 22.7 Å². The van der Waals surface area contributed by atoms with Crippen molar-refractivity contribution in [3.8, 4) is 5.75 Å². The second-order valence-electron chi connectivity index (χ2n) is 6.55. The van der Waals surface area contributed by atoms with Gasteiger partial charge in [0.1, 0.15) is 11.4 Å². The number of hydrogen-bond acceptors (Lipinski definition) is 5. The fourth-order valence-corrected chi connectivity index (χ4v) is 4.08. The fourth-order valence-electron chi connectivity index (χ4n) is 2.90. The molecule has 8 heteroatoms. The van der Waals surface area contributed by atoms with Crippen molar-refractivity contribution in [2.75, 3.05) is 6.26 Å². The monoisotopic (exact) mass is 426 g/mol. The smallest absolute Gasteiger partial charge is 0.375 e. The quantitative estimate of drug-likeness (QED) is 0.671. The zero-order valence-electron chi connectivity index (χ0n) is 14.7. The molecular formula is C19H16Cl2O5S. The van der Waals surface area contributed by atoms with Gasteiger partial charge in [-0.1, -0.05) is 41.4 Å². The fraction of sp³-hybridized carbons (Fsp3) is 0.211. The highest BCUT2D eigenvalue weighted by Crippen LogP contribution is 2.42. The maximum atomic E-state index is 12.5. The molecule has 0 amide bonds. The minimum atomic E-state index is -3.54. The summed E-state index contributed by atoms with van der Waals surface area (Å²) in [5.41, 5.74) is -0.380. The predicted octanol–water partition coefficient (Wildman–Crippen LogP) is 4.52. The molecule has 0 spiro atoms. The first-order valence-corrected chi connectivity index (χ1v) is 10.6. The van der Waals surface area contributed by atoms with Crippen molar-refractivity contribution in [2.45, 2.75) is 24.3 Å². The SMILES string of the molecule is CC1(C)OC(=O)C(Oc2ccc(Cl)c(Cl)c2)=C1c1ccccc1S(C)(=O)=O. The number of benzene rings is 2. The maximum absolute atomic E-state index is 12.5. The van der Waals surface area contributed by atoms with Crippen molar-refractivity contribution in [1.29, 1.82) is 0 Å². The molecule has 0 N–H and O–H groups in total. The first-order chi connectivity index (χ1) is 12.5. The van der Waals surface area contributed by atoms with Gasteiger partial charge in [-0.3, -0.25) is 0 Å². The number of carbonyl (C=O) groups excluding carboxylic acids is 1. The van der Waals surface area contributed by atoms with E-state index in [4.69, 9.17) is 32.7 Å². The molecule has 27 heavy (non-hydrogen) atoms. The minimum absolute atomic E-state index is 0.0848. The molecule has 0 fully saturated rings. The predicted molar refractivity (Wildman–Crippen MR) is 104 cm³/mol. The Labute approximate surface area is 167 Å². The van der Waals surface area contributed by atoms with Gasteiger partial charge in [-0.05, 0) is 32.0 Å². The molecule has 0 aliphatic carbocycles. The molecule has 142 valence electrons. The Morgan fingerprint density at radius 2 is 1.70 bits per heavy atom. The molecule has 2 aromatic carbocycles. The van der Waals surface area contributed by atoms with Crippen LogP contribution in [0.25, 0.3) is 5.57 Å². The van der Waals surface area contributed by atoms with E-state index in [2.05, 4.69) is 0 Å². The van der Waals surface area contributed by atoms with Crippen LogP contribution in [0, 0.1) is 0 Å². The van der Waals surface area contributed by atoms with E-state index in [1.807, 2.05) is 0 Å². The lowest BCUT2D eigenvalue weighted by molar-refractivity contribution is -0.145. The summed E-state index contributed by atoms with van der Waals surface area (Å²) in [6.07, 6.45) is 1.11. The molecule has 0 saturated carbocycles. The van der Waals surface area contributed by atoms with E-state index in [0.717, 1.165) is 6.26 Å². The molecular weight excluding hydrogens is 411 g/mol. The van der Waals surface area contributed by atoms with Crippen molar-refractivity contribution >= 4 is 44.6 Å².